The summed E-state index contributed by atoms with van der Waals surface area (Å²) in [5.41, 5.74) is 0.689. The molecule has 3 rings (SSSR count). The molecule has 2 atom stereocenters. The smallest absolute Gasteiger partial charge is 0.282 e. The molecule has 2 N–H and O–H groups in total. The van der Waals surface area contributed by atoms with Crippen LogP contribution in [-0.2, 0) is 11.3 Å². The maximum atomic E-state index is 13.7. The summed E-state index contributed by atoms with van der Waals surface area (Å²) in [6.45, 7) is 2.28. The van der Waals surface area contributed by atoms with Crippen LogP contribution in [0.4, 0.5) is 18.9 Å². The van der Waals surface area contributed by atoms with Gasteiger partial charge in [-0.1, -0.05) is 36.4 Å². The summed E-state index contributed by atoms with van der Waals surface area (Å²) in [5.74, 6) is -4.77. The van der Waals surface area contributed by atoms with Crippen LogP contribution in [0.15, 0.2) is 54.6 Å². The molecule has 140 valence electrons. The average Bonchev–Trinajstić information content (AvgIpc) is 2.67. The van der Waals surface area contributed by atoms with Crippen LogP contribution in [0.1, 0.15) is 12.5 Å². The fourth-order valence-electron chi connectivity index (χ4n) is 2.91. The van der Waals surface area contributed by atoms with Gasteiger partial charge in [0, 0.05) is 5.56 Å². The number of carbonyl (C=O) groups is 1. The third-order valence-electron chi connectivity index (χ3n) is 4.72. The molecule has 0 heterocycles. The lowest BCUT2D eigenvalue weighted by Crippen LogP contribution is -3.12. The van der Waals surface area contributed by atoms with E-state index in [1.54, 1.807) is 6.92 Å². The quantitative estimate of drug-likeness (QED) is 0.661. The summed E-state index contributed by atoms with van der Waals surface area (Å²) in [6, 6.07) is 15.4. The molecule has 3 aromatic carbocycles. The molecule has 0 spiro atoms. The zero-order chi connectivity index (χ0) is 19.6. The van der Waals surface area contributed by atoms with Gasteiger partial charge in [0.15, 0.2) is 23.5 Å². The highest BCUT2D eigenvalue weighted by Crippen LogP contribution is 2.19. The second kappa shape index (κ2) is 7.80. The molecule has 3 nitrogen and oxygen atoms in total. The number of likely N-dealkylation sites (N-methyl/N-ethyl adjacent to an activating group) is 1. The maximum absolute atomic E-state index is 13.7. The lowest BCUT2D eigenvalue weighted by atomic mass is 10.1. The van der Waals surface area contributed by atoms with Crippen molar-refractivity contribution in [3.05, 3.63) is 77.6 Å². The molecule has 0 bridgehead atoms. The van der Waals surface area contributed by atoms with Crippen LogP contribution in [0, 0.1) is 17.5 Å². The molecule has 0 saturated carbocycles. The van der Waals surface area contributed by atoms with Gasteiger partial charge in [0.05, 0.1) is 12.7 Å². The Balaban J connectivity index is 1.69. The predicted molar refractivity (Wildman–Crippen MR) is 98.9 cm³/mol. The lowest BCUT2D eigenvalue weighted by molar-refractivity contribution is -0.907. The number of rotatable bonds is 5. The lowest BCUT2D eigenvalue weighted by Gasteiger charge is -2.21. The number of quaternary nitrogens is 1. The van der Waals surface area contributed by atoms with E-state index < -0.39 is 29.4 Å². The molecule has 0 fully saturated rings. The zero-order valence-electron chi connectivity index (χ0n) is 15.0. The highest BCUT2D eigenvalue weighted by Gasteiger charge is 2.24. The first-order valence-corrected chi connectivity index (χ1v) is 8.61. The summed E-state index contributed by atoms with van der Waals surface area (Å²) in [4.78, 5) is 13.3. The van der Waals surface area contributed by atoms with Crippen molar-refractivity contribution in [1.29, 1.82) is 0 Å². The fraction of sp³-hybridized carbons (Fsp3) is 0.190. The summed E-state index contributed by atoms with van der Waals surface area (Å²) < 4.78 is 40.1. The molecule has 0 saturated heterocycles. The number of hydrogen-bond donors (Lipinski definition) is 2. The molecule has 27 heavy (non-hydrogen) atoms. The van der Waals surface area contributed by atoms with Crippen molar-refractivity contribution in [2.24, 2.45) is 0 Å². The number of hydrogen-bond acceptors (Lipinski definition) is 1. The number of carbonyl (C=O) groups excluding carboxylic acids is 1. The largest absolute Gasteiger partial charge is 0.324 e. The Labute approximate surface area is 155 Å². The van der Waals surface area contributed by atoms with Crippen molar-refractivity contribution >= 4 is 22.4 Å². The molecule has 0 aliphatic heterocycles. The summed E-state index contributed by atoms with van der Waals surface area (Å²) >= 11 is 0. The number of benzene rings is 3. The molecular weight excluding hydrogens is 353 g/mol. The van der Waals surface area contributed by atoms with Crippen molar-refractivity contribution in [3.63, 3.8) is 0 Å². The van der Waals surface area contributed by atoms with Gasteiger partial charge in [0.2, 0.25) is 0 Å². The van der Waals surface area contributed by atoms with Gasteiger partial charge in [-0.3, -0.25) is 4.79 Å². The van der Waals surface area contributed by atoms with E-state index in [0.717, 1.165) is 33.4 Å². The molecule has 6 heteroatoms. The van der Waals surface area contributed by atoms with Crippen molar-refractivity contribution < 1.29 is 22.9 Å². The average molecular weight is 373 g/mol. The van der Waals surface area contributed by atoms with Crippen molar-refractivity contribution in [2.45, 2.75) is 19.5 Å². The van der Waals surface area contributed by atoms with E-state index in [0.29, 0.717) is 6.54 Å². The predicted octanol–water partition coefficient (Wildman–Crippen LogP) is 3.30. The van der Waals surface area contributed by atoms with Gasteiger partial charge in [0.25, 0.3) is 5.91 Å². The highest BCUT2D eigenvalue weighted by atomic mass is 19.2. The Bertz CT molecular complexity index is 990. The Kier molecular flexibility index (Phi) is 5.46. The van der Waals surface area contributed by atoms with Crippen LogP contribution in [0.3, 0.4) is 0 Å². The number of fused-ring (bicyclic) bond motifs is 1. The van der Waals surface area contributed by atoms with E-state index in [1.165, 1.54) is 0 Å². The first-order chi connectivity index (χ1) is 12.9. The molecule has 0 radical (unpaired) electrons. The van der Waals surface area contributed by atoms with Crippen LogP contribution in [0.25, 0.3) is 10.8 Å². The van der Waals surface area contributed by atoms with Crippen molar-refractivity contribution in [3.8, 4) is 0 Å². The van der Waals surface area contributed by atoms with Crippen LogP contribution >= 0.6 is 0 Å². The van der Waals surface area contributed by atoms with Crippen LogP contribution in [-0.4, -0.2) is 19.0 Å². The van der Waals surface area contributed by atoms with Gasteiger partial charge in [-0.25, -0.2) is 13.2 Å². The molecule has 0 aliphatic rings. The number of halogens is 3. The van der Waals surface area contributed by atoms with Crippen molar-refractivity contribution in [2.75, 3.05) is 12.4 Å². The second-order valence-electron chi connectivity index (χ2n) is 6.64. The number of nitrogens with one attached hydrogen (secondary N) is 2. The summed E-state index contributed by atoms with van der Waals surface area (Å²) in [6.07, 6.45) is 0. The number of anilines is 1. The van der Waals surface area contributed by atoms with Gasteiger partial charge in [-0.05, 0) is 35.9 Å². The van der Waals surface area contributed by atoms with Gasteiger partial charge in [-0.2, -0.15) is 0 Å². The first kappa shape index (κ1) is 18.9. The van der Waals surface area contributed by atoms with Gasteiger partial charge >= 0.3 is 0 Å². The summed E-state index contributed by atoms with van der Waals surface area (Å²) in [5, 5.41) is 4.59. The Morgan fingerprint density at radius 3 is 2.44 bits per heavy atom. The van der Waals surface area contributed by atoms with Crippen LogP contribution in [0.5, 0.6) is 0 Å². The topological polar surface area (TPSA) is 33.5 Å². The van der Waals surface area contributed by atoms with Crippen molar-refractivity contribution in [1.82, 2.24) is 0 Å². The van der Waals surface area contributed by atoms with E-state index in [2.05, 4.69) is 11.4 Å². The van der Waals surface area contributed by atoms with E-state index >= 15 is 0 Å². The highest BCUT2D eigenvalue weighted by molar-refractivity contribution is 5.93. The fourth-order valence-corrected chi connectivity index (χ4v) is 2.91. The zero-order valence-corrected chi connectivity index (χ0v) is 15.0. The minimum Gasteiger partial charge on any atom is -0.324 e. The molecule has 3 aromatic rings. The van der Waals surface area contributed by atoms with Gasteiger partial charge < -0.3 is 10.2 Å². The molecular formula is C21H20F3N2O+. The standard InChI is InChI=1S/C21H19F3N2O/c1-13(21(27)25-18-10-9-17(22)19(23)20(18)24)26(2)12-14-7-8-15-5-3-4-6-16(15)11-14/h3-11,13H,12H2,1-2H3,(H,25,27)/p+1/t13-/m1/s1. The monoisotopic (exact) mass is 373 g/mol. The van der Waals surface area contributed by atoms with E-state index in [-0.39, 0.29) is 5.69 Å². The Morgan fingerprint density at radius 1 is 1.00 bits per heavy atom. The minimum absolute atomic E-state index is 0.371. The summed E-state index contributed by atoms with van der Waals surface area (Å²) in [7, 11) is 1.85. The Hall–Kier alpha value is -2.86. The second-order valence-corrected chi connectivity index (χ2v) is 6.64. The van der Waals surface area contributed by atoms with E-state index in [1.807, 2.05) is 43.4 Å². The Morgan fingerprint density at radius 2 is 1.70 bits per heavy atom. The molecule has 0 aromatic heterocycles. The number of amides is 1. The van der Waals surface area contributed by atoms with E-state index in [9.17, 15) is 18.0 Å². The molecule has 0 aliphatic carbocycles. The van der Waals surface area contributed by atoms with Crippen LogP contribution in [0.2, 0.25) is 0 Å². The van der Waals surface area contributed by atoms with E-state index in [4.69, 9.17) is 0 Å². The van der Waals surface area contributed by atoms with Gasteiger partial charge in [-0.15, -0.1) is 0 Å². The van der Waals surface area contributed by atoms with Crippen LogP contribution < -0.4 is 10.2 Å². The third kappa shape index (κ3) is 4.11. The third-order valence-corrected chi connectivity index (χ3v) is 4.72. The SMILES string of the molecule is C[C@H](C(=O)Nc1ccc(F)c(F)c1F)[NH+](C)Cc1ccc2ccccc2c1. The minimum atomic E-state index is -1.60. The molecule has 1 amide bonds. The van der Waals surface area contributed by atoms with Gasteiger partial charge in [0.1, 0.15) is 6.54 Å². The normalized spacial score (nSPS) is 13.4. The first-order valence-electron chi connectivity index (χ1n) is 8.61. The molecule has 1 unspecified atom stereocenters. The maximum Gasteiger partial charge on any atom is 0.282 e.